The monoisotopic (exact) mass is 320 g/mol. The van der Waals surface area contributed by atoms with Crippen LogP contribution in [-0.4, -0.2) is 9.97 Å². The molecule has 3 heteroatoms. The fraction of sp³-hybridized carbons (Fsp3) is 0.0455. The first-order chi connectivity index (χ1) is 12.4. The van der Waals surface area contributed by atoms with Gasteiger partial charge >= 0.3 is 0 Å². The zero-order valence-electron chi connectivity index (χ0n) is 13.4. The van der Waals surface area contributed by atoms with E-state index in [4.69, 9.17) is 9.97 Å². The van der Waals surface area contributed by atoms with E-state index in [2.05, 4.69) is 59.2 Å². The second kappa shape index (κ2) is 4.61. The minimum atomic E-state index is 0.129. The van der Waals surface area contributed by atoms with E-state index < -0.39 is 0 Å². The number of para-hydroxylation sites is 2. The first-order valence-corrected chi connectivity index (χ1v) is 8.48. The average Bonchev–Trinajstić information content (AvgIpc) is 3.07. The number of aromatic nitrogens is 2. The zero-order valence-corrected chi connectivity index (χ0v) is 13.4. The largest absolute Gasteiger partial charge is 0.253 e. The van der Waals surface area contributed by atoms with Crippen molar-refractivity contribution in [1.29, 1.82) is 0 Å². The van der Waals surface area contributed by atoms with Crippen molar-refractivity contribution in [2.75, 3.05) is 0 Å². The molecule has 0 saturated carbocycles. The van der Waals surface area contributed by atoms with Crippen LogP contribution >= 0.6 is 0 Å². The van der Waals surface area contributed by atoms with E-state index in [0.29, 0.717) is 0 Å². The van der Waals surface area contributed by atoms with Gasteiger partial charge in [0, 0.05) is 34.5 Å². The first-order valence-electron chi connectivity index (χ1n) is 8.48. The zero-order chi connectivity index (χ0) is 16.4. The van der Waals surface area contributed by atoms with E-state index in [-0.39, 0.29) is 6.04 Å². The fourth-order valence-corrected chi connectivity index (χ4v) is 4.18. The Balaban J connectivity index is 1.88. The molecule has 2 aliphatic heterocycles. The maximum absolute atomic E-state index is 4.76. The van der Waals surface area contributed by atoms with Crippen LogP contribution in [0.15, 0.2) is 73.1 Å². The molecule has 4 heterocycles. The van der Waals surface area contributed by atoms with Crippen molar-refractivity contribution in [3.05, 3.63) is 89.3 Å². The lowest BCUT2D eigenvalue weighted by atomic mass is 9.91. The SMILES string of the molecule is C1=c2ccccc2=[N+]2c3cnc4ccccc4c3-c3cccnc3C12. The van der Waals surface area contributed by atoms with Gasteiger partial charge in [-0.3, -0.25) is 4.98 Å². The van der Waals surface area contributed by atoms with Gasteiger partial charge in [0.15, 0.2) is 0 Å². The lowest BCUT2D eigenvalue weighted by Crippen LogP contribution is -2.33. The van der Waals surface area contributed by atoms with Gasteiger partial charge in [-0.2, -0.15) is 4.58 Å². The minimum Gasteiger partial charge on any atom is -0.253 e. The highest BCUT2D eigenvalue weighted by molar-refractivity contribution is 6.01. The number of benzene rings is 2. The van der Waals surface area contributed by atoms with Crippen LogP contribution in [0.5, 0.6) is 0 Å². The minimum absolute atomic E-state index is 0.129. The summed E-state index contributed by atoms with van der Waals surface area (Å²) < 4.78 is 2.37. The van der Waals surface area contributed by atoms with E-state index in [9.17, 15) is 0 Å². The molecule has 0 spiro atoms. The molecule has 116 valence electrons. The molecule has 6 rings (SSSR count). The maximum atomic E-state index is 4.76. The molecular weight excluding hydrogens is 306 g/mol. The third-order valence-corrected chi connectivity index (χ3v) is 5.21. The highest BCUT2D eigenvalue weighted by atomic mass is 15.1. The van der Waals surface area contributed by atoms with Gasteiger partial charge in [-0.05, 0) is 18.2 Å². The number of rotatable bonds is 0. The van der Waals surface area contributed by atoms with Crippen LogP contribution in [0.3, 0.4) is 0 Å². The van der Waals surface area contributed by atoms with Crippen LogP contribution in [0.25, 0.3) is 28.1 Å². The van der Waals surface area contributed by atoms with Gasteiger partial charge in [0.25, 0.3) is 0 Å². The summed E-state index contributed by atoms with van der Waals surface area (Å²) >= 11 is 0. The molecule has 2 aliphatic rings. The summed E-state index contributed by atoms with van der Waals surface area (Å²) in [6.07, 6.45) is 6.21. The van der Waals surface area contributed by atoms with Gasteiger partial charge in [-0.1, -0.05) is 36.4 Å². The summed E-state index contributed by atoms with van der Waals surface area (Å²) in [6, 6.07) is 21.2. The van der Waals surface area contributed by atoms with Crippen molar-refractivity contribution in [2.45, 2.75) is 6.04 Å². The number of hydrogen-bond acceptors (Lipinski definition) is 2. The topological polar surface area (TPSA) is 28.8 Å². The normalized spacial score (nSPS) is 16.6. The van der Waals surface area contributed by atoms with Crippen molar-refractivity contribution in [2.24, 2.45) is 0 Å². The quantitative estimate of drug-likeness (QED) is 0.466. The third kappa shape index (κ3) is 1.62. The molecule has 4 aromatic rings. The summed E-state index contributed by atoms with van der Waals surface area (Å²) in [5.74, 6) is 0. The fourth-order valence-electron chi connectivity index (χ4n) is 4.18. The summed E-state index contributed by atoms with van der Waals surface area (Å²) in [5.41, 5.74) is 5.73. The van der Waals surface area contributed by atoms with Crippen molar-refractivity contribution < 1.29 is 0 Å². The van der Waals surface area contributed by atoms with Crippen LogP contribution in [0.1, 0.15) is 11.7 Å². The molecule has 3 nitrogen and oxygen atoms in total. The average molecular weight is 320 g/mol. The smallest absolute Gasteiger partial charge is 0.233 e. The molecular formula is C22H14N3+. The molecule has 0 aliphatic carbocycles. The Morgan fingerprint density at radius 1 is 0.840 bits per heavy atom. The predicted molar refractivity (Wildman–Crippen MR) is 98.8 cm³/mol. The van der Waals surface area contributed by atoms with E-state index in [1.807, 2.05) is 24.5 Å². The third-order valence-electron chi connectivity index (χ3n) is 5.21. The van der Waals surface area contributed by atoms with E-state index in [1.165, 1.54) is 27.1 Å². The molecule has 0 bridgehead atoms. The predicted octanol–water partition coefficient (Wildman–Crippen LogP) is 2.97. The molecule has 0 radical (unpaired) electrons. The first kappa shape index (κ1) is 13.0. The van der Waals surface area contributed by atoms with Crippen LogP contribution in [0.2, 0.25) is 0 Å². The van der Waals surface area contributed by atoms with Crippen LogP contribution in [-0.2, 0) is 0 Å². The number of pyridine rings is 2. The highest BCUT2D eigenvalue weighted by Crippen LogP contribution is 2.44. The Morgan fingerprint density at radius 3 is 2.72 bits per heavy atom. The second-order valence-electron chi connectivity index (χ2n) is 6.51. The molecule has 0 saturated heterocycles. The van der Waals surface area contributed by atoms with Crippen LogP contribution in [0, 0.1) is 0 Å². The molecule has 1 atom stereocenters. The summed E-state index contributed by atoms with van der Waals surface area (Å²) in [7, 11) is 0. The lowest BCUT2D eigenvalue weighted by molar-refractivity contribution is 0.662. The van der Waals surface area contributed by atoms with Gasteiger partial charge in [0.1, 0.15) is 5.69 Å². The Hall–Kier alpha value is -3.33. The maximum Gasteiger partial charge on any atom is 0.233 e. The van der Waals surface area contributed by atoms with Gasteiger partial charge in [0.2, 0.25) is 17.1 Å². The second-order valence-corrected chi connectivity index (χ2v) is 6.51. The van der Waals surface area contributed by atoms with Crippen molar-refractivity contribution in [3.8, 4) is 11.1 Å². The summed E-state index contributed by atoms with van der Waals surface area (Å²) in [4.78, 5) is 9.48. The highest BCUT2D eigenvalue weighted by Gasteiger charge is 2.39. The molecule has 1 unspecified atom stereocenters. The van der Waals surface area contributed by atoms with E-state index in [1.54, 1.807) is 0 Å². The Kier molecular flexibility index (Phi) is 2.40. The van der Waals surface area contributed by atoms with Gasteiger partial charge in [0.05, 0.1) is 17.3 Å². The van der Waals surface area contributed by atoms with E-state index in [0.717, 1.165) is 16.9 Å². The van der Waals surface area contributed by atoms with Crippen molar-refractivity contribution >= 4 is 22.7 Å². The van der Waals surface area contributed by atoms with Crippen LogP contribution in [0.4, 0.5) is 5.69 Å². The Labute approximate surface area is 144 Å². The number of nitrogens with zero attached hydrogens (tertiary/aromatic N) is 3. The van der Waals surface area contributed by atoms with Crippen molar-refractivity contribution in [3.63, 3.8) is 0 Å². The molecule has 0 N–H and O–H groups in total. The summed E-state index contributed by atoms with van der Waals surface area (Å²) in [6.45, 7) is 0. The van der Waals surface area contributed by atoms with Gasteiger partial charge in [-0.15, -0.1) is 0 Å². The molecule has 0 amide bonds. The standard InChI is InChI=1S/C22H14N3/c1-4-10-18-14(6-1)12-19-22-16(8-5-11-23-22)21-15-7-2-3-9-17(15)24-13-20(21)25(18)19/h1-13,19H/q+1. The lowest BCUT2D eigenvalue weighted by Gasteiger charge is -2.21. The molecule has 2 aromatic carbocycles. The molecule has 25 heavy (non-hydrogen) atoms. The van der Waals surface area contributed by atoms with Crippen molar-refractivity contribution in [1.82, 2.24) is 14.5 Å². The number of hydrogen-bond donors (Lipinski definition) is 0. The molecule has 2 aromatic heterocycles. The van der Waals surface area contributed by atoms with E-state index >= 15 is 0 Å². The Morgan fingerprint density at radius 2 is 1.72 bits per heavy atom. The summed E-state index contributed by atoms with van der Waals surface area (Å²) in [5, 5.41) is 3.66. The Bertz CT molecular complexity index is 1300. The number of fused-ring (bicyclic) bond motifs is 9. The molecule has 0 fully saturated rings. The van der Waals surface area contributed by atoms with Crippen LogP contribution < -0.4 is 15.2 Å². The van der Waals surface area contributed by atoms with Gasteiger partial charge in [-0.25, -0.2) is 4.98 Å². The van der Waals surface area contributed by atoms with Gasteiger partial charge < -0.3 is 0 Å².